The number of fused-ring (bicyclic) bond motifs is 1. The molecule has 26 heavy (non-hydrogen) atoms. The van der Waals surface area contributed by atoms with Gasteiger partial charge in [-0.2, -0.15) is 5.10 Å². The van der Waals surface area contributed by atoms with Crippen molar-refractivity contribution in [2.24, 2.45) is 12.5 Å². The number of aromatic nitrogens is 2. The van der Waals surface area contributed by atoms with Crippen molar-refractivity contribution in [2.75, 3.05) is 19.6 Å². The summed E-state index contributed by atoms with van der Waals surface area (Å²) in [5, 5.41) is 18.5. The Hall–Kier alpha value is -2.41. The minimum absolute atomic E-state index is 0.0868. The number of hydrogen-bond donors (Lipinski definition) is 2. The average molecular weight is 358 g/mol. The summed E-state index contributed by atoms with van der Waals surface area (Å²) in [5.41, 5.74) is 0.162. The number of aliphatic hydroxyl groups is 1. The zero-order valence-electron chi connectivity index (χ0n) is 15.7. The highest BCUT2D eigenvalue weighted by atomic mass is 16.3. The quantitative estimate of drug-likeness (QED) is 0.863. The first-order valence-corrected chi connectivity index (χ1v) is 8.76. The lowest BCUT2D eigenvalue weighted by Gasteiger charge is -2.46. The number of nitrogens with one attached hydrogen (secondary N) is 1. The molecule has 0 bridgehead atoms. The lowest BCUT2D eigenvalue weighted by molar-refractivity contribution is -0.126. The molecule has 1 aliphatic heterocycles. The van der Waals surface area contributed by atoms with Crippen molar-refractivity contribution in [3.05, 3.63) is 30.0 Å². The zero-order chi connectivity index (χ0) is 19.1. The van der Waals surface area contributed by atoms with Gasteiger partial charge in [-0.25, -0.2) is 0 Å². The number of benzene rings is 1. The van der Waals surface area contributed by atoms with Crippen molar-refractivity contribution in [1.29, 1.82) is 0 Å². The SMILES string of the molecule is Cn1cc2ccc(C(=O)N3CC(O)(CNC(=O)CC(C)(C)C)C3)cc2n1. The maximum Gasteiger partial charge on any atom is 0.254 e. The minimum Gasteiger partial charge on any atom is -0.384 e. The van der Waals surface area contributed by atoms with Gasteiger partial charge in [0, 0.05) is 37.2 Å². The fraction of sp³-hybridized carbons (Fsp3) is 0.526. The van der Waals surface area contributed by atoms with Gasteiger partial charge in [-0.15, -0.1) is 0 Å². The Morgan fingerprint density at radius 1 is 1.31 bits per heavy atom. The van der Waals surface area contributed by atoms with Crippen LogP contribution in [0, 0.1) is 5.41 Å². The number of nitrogens with zero attached hydrogens (tertiary/aromatic N) is 3. The first-order chi connectivity index (χ1) is 12.0. The van der Waals surface area contributed by atoms with Gasteiger partial charge in [0.25, 0.3) is 5.91 Å². The fourth-order valence-electron chi connectivity index (χ4n) is 3.18. The summed E-state index contributed by atoms with van der Waals surface area (Å²) >= 11 is 0. The van der Waals surface area contributed by atoms with E-state index in [1.54, 1.807) is 21.7 Å². The summed E-state index contributed by atoms with van der Waals surface area (Å²) in [4.78, 5) is 26.1. The number of rotatable bonds is 4. The van der Waals surface area contributed by atoms with E-state index < -0.39 is 5.60 Å². The summed E-state index contributed by atoms with van der Waals surface area (Å²) in [6.45, 7) is 6.55. The topological polar surface area (TPSA) is 87.5 Å². The standard InChI is InChI=1S/C19H26N4O3/c1-18(2,3)8-16(24)20-10-19(26)11-23(12-19)17(25)13-5-6-14-9-22(4)21-15(14)7-13/h5-7,9,26H,8,10-12H2,1-4H3,(H,20,24). The largest absolute Gasteiger partial charge is 0.384 e. The first-order valence-electron chi connectivity index (χ1n) is 8.76. The van der Waals surface area contributed by atoms with Crippen molar-refractivity contribution >= 4 is 22.7 Å². The van der Waals surface area contributed by atoms with Crippen LogP contribution in [-0.4, -0.2) is 56.8 Å². The van der Waals surface area contributed by atoms with Crippen LogP contribution < -0.4 is 5.32 Å². The van der Waals surface area contributed by atoms with E-state index in [0.29, 0.717) is 12.0 Å². The van der Waals surface area contributed by atoms with Crippen LogP contribution in [0.15, 0.2) is 24.4 Å². The van der Waals surface area contributed by atoms with Crippen LogP contribution in [0.3, 0.4) is 0 Å². The Morgan fingerprint density at radius 3 is 2.65 bits per heavy atom. The normalized spacial score (nSPS) is 16.4. The average Bonchev–Trinajstić information content (AvgIpc) is 2.87. The predicted molar refractivity (Wildman–Crippen MR) is 98.6 cm³/mol. The number of carbonyl (C=O) groups is 2. The molecule has 7 nitrogen and oxygen atoms in total. The van der Waals surface area contributed by atoms with E-state index in [0.717, 1.165) is 10.9 Å². The molecule has 1 fully saturated rings. The molecule has 7 heteroatoms. The van der Waals surface area contributed by atoms with Crippen molar-refractivity contribution in [1.82, 2.24) is 20.0 Å². The molecule has 0 spiro atoms. The van der Waals surface area contributed by atoms with Gasteiger partial charge in [0.1, 0.15) is 5.60 Å². The molecule has 0 unspecified atom stereocenters. The Morgan fingerprint density at radius 2 is 2.00 bits per heavy atom. The Bertz CT molecular complexity index is 844. The molecule has 1 aromatic carbocycles. The van der Waals surface area contributed by atoms with E-state index >= 15 is 0 Å². The molecule has 3 rings (SSSR count). The van der Waals surface area contributed by atoms with E-state index in [9.17, 15) is 14.7 Å². The van der Waals surface area contributed by atoms with Gasteiger partial charge in [-0.1, -0.05) is 26.8 Å². The molecule has 2 heterocycles. The Balaban J connectivity index is 1.55. The van der Waals surface area contributed by atoms with Gasteiger partial charge in [0.2, 0.25) is 5.91 Å². The molecule has 2 N–H and O–H groups in total. The minimum atomic E-state index is -1.06. The Kier molecular flexibility index (Phi) is 4.52. The highest BCUT2D eigenvalue weighted by Crippen LogP contribution is 2.24. The van der Waals surface area contributed by atoms with Crippen LogP contribution >= 0.6 is 0 Å². The molecule has 140 valence electrons. The molecule has 1 aliphatic rings. The number of likely N-dealkylation sites (tertiary alicyclic amines) is 1. The van der Waals surface area contributed by atoms with Crippen molar-refractivity contribution < 1.29 is 14.7 Å². The fourth-order valence-corrected chi connectivity index (χ4v) is 3.18. The highest BCUT2D eigenvalue weighted by molar-refractivity contribution is 5.98. The van der Waals surface area contributed by atoms with Crippen molar-refractivity contribution in [3.63, 3.8) is 0 Å². The van der Waals surface area contributed by atoms with Crippen LogP contribution in [0.4, 0.5) is 0 Å². The van der Waals surface area contributed by atoms with Gasteiger partial charge >= 0.3 is 0 Å². The molecule has 2 aromatic rings. The van der Waals surface area contributed by atoms with Crippen LogP contribution in [0.1, 0.15) is 37.6 Å². The molecule has 2 amide bonds. The number of aryl methyl sites for hydroxylation is 1. The van der Waals surface area contributed by atoms with Crippen LogP contribution in [-0.2, 0) is 11.8 Å². The third kappa shape index (κ3) is 4.04. The predicted octanol–water partition coefficient (Wildman–Crippen LogP) is 1.31. The first kappa shape index (κ1) is 18.4. The van der Waals surface area contributed by atoms with Gasteiger partial charge < -0.3 is 15.3 Å². The number of amides is 2. The smallest absolute Gasteiger partial charge is 0.254 e. The maximum atomic E-state index is 12.6. The van der Waals surface area contributed by atoms with Crippen LogP contribution in [0.5, 0.6) is 0 Å². The van der Waals surface area contributed by atoms with E-state index in [2.05, 4.69) is 10.4 Å². The number of β-amino-alcohol motifs (C(OH)–C–C–N with tert-alkyl or cyclic N) is 1. The monoisotopic (exact) mass is 358 g/mol. The van der Waals surface area contributed by atoms with Gasteiger partial charge in [0.15, 0.2) is 0 Å². The third-order valence-electron chi connectivity index (χ3n) is 4.43. The summed E-state index contributed by atoms with van der Waals surface area (Å²) in [6.07, 6.45) is 2.29. The maximum absolute atomic E-state index is 12.6. The number of hydrogen-bond acceptors (Lipinski definition) is 4. The summed E-state index contributed by atoms with van der Waals surface area (Å²) < 4.78 is 1.71. The molecule has 0 aliphatic carbocycles. The highest BCUT2D eigenvalue weighted by Gasteiger charge is 2.44. The summed E-state index contributed by atoms with van der Waals surface area (Å²) in [5.74, 6) is -0.223. The van der Waals surface area contributed by atoms with E-state index in [-0.39, 0.29) is 36.9 Å². The third-order valence-corrected chi connectivity index (χ3v) is 4.43. The molecular weight excluding hydrogens is 332 g/mol. The van der Waals surface area contributed by atoms with Gasteiger partial charge in [-0.3, -0.25) is 14.3 Å². The van der Waals surface area contributed by atoms with Crippen LogP contribution in [0.2, 0.25) is 0 Å². The van der Waals surface area contributed by atoms with Gasteiger partial charge in [0.05, 0.1) is 18.6 Å². The zero-order valence-corrected chi connectivity index (χ0v) is 15.7. The summed E-state index contributed by atoms with van der Waals surface area (Å²) in [6, 6.07) is 5.41. The molecule has 0 saturated carbocycles. The molecular formula is C19H26N4O3. The van der Waals surface area contributed by atoms with Crippen molar-refractivity contribution in [2.45, 2.75) is 32.8 Å². The second-order valence-corrected chi connectivity index (χ2v) is 8.48. The molecule has 1 saturated heterocycles. The number of carbonyl (C=O) groups excluding carboxylic acids is 2. The lowest BCUT2D eigenvalue weighted by atomic mass is 9.90. The van der Waals surface area contributed by atoms with E-state index in [1.807, 2.05) is 40.1 Å². The summed E-state index contributed by atoms with van der Waals surface area (Å²) in [7, 11) is 1.84. The van der Waals surface area contributed by atoms with Gasteiger partial charge in [-0.05, 0) is 17.5 Å². The van der Waals surface area contributed by atoms with E-state index in [4.69, 9.17) is 0 Å². The second-order valence-electron chi connectivity index (χ2n) is 8.48. The Labute approximate surface area is 153 Å². The molecule has 1 aromatic heterocycles. The van der Waals surface area contributed by atoms with Crippen molar-refractivity contribution in [3.8, 4) is 0 Å². The molecule has 0 atom stereocenters. The van der Waals surface area contributed by atoms with Crippen LogP contribution in [0.25, 0.3) is 10.9 Å². The molecule has 0 radical (unpaired) electrons. The van der Waals surface area contributed by atoms with E-state index in [1.165, 1.54) is 0 Å². The second kappa shape index (κ2) is 6.39. The lowest BCUT2D eigenvalue weighted by Crippen LogP contribution is -2.67.